The number of hydrogen-bond acceptors (Lipinski definition) is 7. The van der Waals surface area contributed by atoms with Crippen molar-refractivity contribution >= 4 is 38.8 Å². The standard InChI is InChI=1S/C28H35FN2O6S.ClH/c1-28(26(33)19-32,38(4,35)36)11-14-31-13-10-22-17-21(7-9-24(22)27(31)34)23-8-6-20(16-25(23)29)18-30(2)12-5-15-37-3;/h6-10,13,16-17,32H,5,11-12,14-15,18-19H2,1-4H3;1H/t28-;/m1./s1. The highest BCUT2D eigenvalue weighted by Crippen LogP contribution is 2.27. The van der Waals surface area contributed by atoms with E-state index in [1.54, 1.807) is 37.4 Å². The van der Waals surface area contributed by atoms with E-state index in [2.05, 4.69) is 4.90 Å². The van der Waals surface area contributed by atoms with Crippen LogP contribution >= 0.6 is 12.4 Å². The lowest BCUT2D eigenvalue weighted by Gasteiger charge is -2.25. The number of Topliss-reactive ketones (excluding diaryl/α,β-unsaturated/α-hetero) is 1. The Hall–Kier alpha value is -2.63. The normalized spacial score (nSPS) is 13.3. The molecule has 0 amide bonds. The van der Waals surface area contributed by atoms with Crippen molar-refractivity contribution < 1.29 is 27.4 Å². The molecule has 1 atom stereocenters. The molecule has 0 aliphatic carbocycles. The summed E-state index contributed by atoms with van der Waals surface area (Å²) in [6.45, 7) is 2.46. The molecule has 3 aromatic rings. The van der Waals surface area contributed by atoms with Gasteiger partial charge in [0.1, 0.15) is 17.2 Å². The zero-order valence-electron chi connectivity index (χ0n) is 22.6. The summed E-state index contributed by atoms with van der Waals surface area (Å²) < 4.78 is 44.1. The Morgan fingerprint density at radius 2 is 1.90 bits per heavy atom. The van der Waals surface area contributed by atoms with Gasteiger partial charge in [-0.2, -0.15) is 0 Å². The molecular weight excluding hydrogens is 547 g/mol. The molecule has 0 radical (unpaired) electrons. The third-order valence-corrected chi connectivity index (χ3v) is 9.11. The molecule has 0 aliphatic heterocycles. The largest absolute Gasteiger partial charge is 0.389 e. The predicted octanol–water partition coefficient (Wildman–Crippen LogP) is 3.45. The molecule has 1 heterocycles. The maximum absolute atomic E-state index is 15.0. The minimum Gasteiger partial charge on any atom is -0.389 e. The second kappa shape index (κ2) is 13.6. The van der Waals surface area contributed by atoms with Crippen LogP contribution in [0.15, 0.2) is 53.5 Å². The van der Waals surface area contributed by atoms with Gasteiger partial charge in [0.05, 0.1) is 0 Å². The summed E-state index contributed by atoms with van der Waals surface area (Å²) in [5.41, 5.74) is 1.56. The number of nitrogens with zero attached hydrogens (tertiary/aromatic N) is 2. The van der Waals surface area contributed by atoms with E-state index in [0.717, 1.165) is 24.8 Å². The van der Waals surface area contributed by atoms with Crippen molar-refractivity contribution in [2.45, 2.75) is 37.6 Å². The Kier molecular flexibility index (Phi) is 11.4. The molecule has 0 aliphatic rings. The van der Waals surface area contributed by atoms with E-state index in [9.17, 15) is 23.1 Å². The Balaban J connectivity index is 0.00000533. The quantitative estimate of drug-likeness (QED) is 0.308. The number of fused-ring (bicyclic) bond motifs is 1. The van der Waals surface area contributed by atoms with Gasteiger partial charge in [0.2, 0.25) is 0 Å². The molecule has 1 aromatic heterocycles. The molecule has 214 valence electrons. The first-order chi connectivity index (χ1) is 17.9. The first-order valence-corrected chi connectivity index (χ1v) is 14.2. The summed E-state index contributed by atoms with van der Waals surface area (Å²) in [5.74, 6) is -1.17. The minimum absolute atomic E-state index is 0. The monoisotopic (exact) mass is 582 g/mol. The molecule has 0 bridgehead atoms. The number of ketones is 1. The molecule has 11 heteroatoms. The van der Waals surface area contributed by atoms with Gasteiger partial charge in [-0.3, -0.25) is 9.59 Å². The fourth-order valence-corrected chi connectivity index (χ4v) is 5.37. The molecular formula is C28H36ClFN2O6S. The number of carbonyl (C=O) groups excluding carboxylic acids is 1. The Bertz CT molecular complexity index is 1480. The van der Waals surface area contributed by atoms with Crippen LogP contribution < -0.4 is 5.56 Å². The van der Waals surface area contributed by atoms with E-state index in [4.69, 9.17) is 4.74 Å². The number of aliphatic hydroxyl groups excluding tert-OH is 1. The maximum Gasteiger partial charge on any atom is 0.258 e. The van der Waals surface area contributed by atoms with Crippen LogP contribution in [0.4, 0.5) is 4.39 Å². The number of aromatic nitrogens is 1. The van der Waals surface area contributed by atoms with Crippen molar-refractivity contribution in [2.24, 2.45) is 0 Å². The summed E-state index contributed by atoms with van der Waals surface area (Å²) in [6.07, 6.45) is 3.20. The molecule has 39 heavy (non-hydrogen) atoms. The molecule has 0 spiro atoms. The number of carbonyl (C=O) groups is 1. The number of ether oxygens (including phenoxy) is 1. The van der Waals surface area contributed by atoms with Crippen LogP contribution in [0.25, 0.3) is 21.9 Å². The fourth-order valence-electron chi connectivity index (χ4n) is 4.42. The van der Waals surface area contributed by atoms with Gasteiger partial charge in [0, 0.05) is 56.8 Å². The molecule has 2 aromatic carbocycles. The topological polar surface area (TPSA) is 106 Å². The fraction of sp³-hybridized carbons (Fsp3) is 0.429. The summed E-state index contributed by atoms with van der Waals surface area (Å²) in [5, 5.41) is 10.2. The number of hydrogen-bond donors (Lipinski definition) is 1. The second-order valence-corrected chi connectivity index (χ2v) is 12.3. The molecule has 0 fully saturated rings. The SMILES string of the molecule is COCCCN(C)Cc1ccc(-c2ccc3c(=O)n(CC[C@](C)(C(=O)CO)S(C)(=O)=O)ccc3c2)c(F)c1.Cl. The van der Waals surface area contributed by atoms with Crippen LogP contribution in [-0.2, 0) is 32.5 Å². The van der Waals surface area contributed by atoms with Crippen molar-refractivity contribution in [3.63, 3.8) is 0 Å². The lowest BCUT2D eigenvalue weighted by atomic mass is 9.99. The van der Waals surface area contributed by atoms with Crippen molar-refractivity contribution in [2.75, 3.05) is 40.2 Å². The van der Waals surface area contributed by atoms with Gasteiger partial charge in [0.15, 0.2) is 15.6 Å². The van der Waals surface area contributed by atoms with Gasteiger partial charge in [-0.25, -0.2) is 12.8 Å². The average Bonchev–Trinajstić information content (AvgIpc) is 2.87. The van der Waals surface area contributed by atoms with Crippen LogP contribution in [0.3, 0.4) is 0 Å². The maximum atomic E-state index is 15.0. The molecule has 1 N–H and O–H groups in total. The van der Waals surface area contributed by atoms with E-state index in [-0.39, 0.29) is 36.7 Å². The van der Waals surface area contributed by atoms with Gasteiger partial charge in [0.25, 0.3) is 5.56 Å². The highest BCUT2D eigenvalue weighted by Gasteiger charge is 2.42. The summed E-state index contributed by atoms with van der Waals surface area (Å²) in [7, 11) is -0.186. The lowest BCUT2D eigenvalue weighted by molar-refractivity contribution is -0.124. The zero-order chi connectivity index (χ0) is 28.1. The van der Waals surface area contributed by atoms with Crippen LogP contribution in [-0.4, -0.2) is 73.7 Å². The minimum atomic E-state index is -3.83. The number of sulfone groups is 1. The van der Waals surface area contributed by atoms with Crippen molar-refractivity contribution in [1.82, 2.24) is 9.47 Å². The Morgan fingerprint density at radius 1 is 1.18 bits per heavy atom. The molecule has 8 nitrogen and oxygen atoms in total. The van der Waals surface area contributed by atoms with Crippen LogP contribution in [0.5, 0.6) is 0 Å². The Labute approximate surface area is 234 Å². The van der Waals surface area contributed by atoms with E-state index in [1.807, 2.05) is 13.1 Å². The van der Waals surface area contributed by atoms with Crippen molar-refractivity contribution in [3.8, 4) is 11.1 Å². The molecule has 0 saturated carbocycles. The van der Waals surface area contributed by atoms with Crippen LogP contribution in [0.1, 0.15) is 25.3 Å². The first kappa shape index (κ1) is 32.6. The number of methoxy groups -OCH3 is 1. The summed E-state index contributed by atoms with van der Waals surface area (Å²) >= 11 is 0. The number of rotatable bonds is 13. The van der Waals surface area contributed by atoms with Gasteiger partial charge in [-0.1, -0.05) is 18.2 Å². The van der Waals surface area contributed by atoms with E-state index in [1.165, 1.54) is 23.8 Å². The number of halogens is 2. The van der Waals surface area contributed by atoms with E-state index < -0.39 is 27.0 Å². The van der Waals surface area contributed by atoms with E-state index in [0.29, 0.717) is 35.1 Å². The smallest absolute Gasteiger partial charge is 0.258 e. The second-order valence-electron chi connectivity index (χ2n) is 9.85. The molecule has 3 rings (SSSR count). The van der Waals surface area contributed by atoms with Crippen molar-refractivity contribution in [1.29, 1.82) is 0 Å². The van der Waals surface area contributed by atoms with Gasteiger partial charge in [-0.15, -0.1) is 12.4 Å². The average molecular weight is 583 g/mol. The van der Waals surface area contributed by atoms with E-state index >= 15 is 4.39 Å². The number of benzene rings is 2. The number of aryl methyl sites for hydroxylation is 1. The van der Waals surface area contributed by atoms with Crippen molar-refractivity contribution in [3.05, 3.63) is 70.4 Å². The van der Waals surface area contributed by atoms with Gasteiger partial charge < -0.3 is 19.3 Å². The van der Waals surface area contributed by atoms with Crippen LogP contribution in [0.2, 0.25) is 0 Å². The summed E-state index contributed by atoms with van der Waals surface area (Å²) in [4.78, 5) is 27.4. The highest BCUT2D eigenvalue weighted by molar-refractivity contribution is 7.92. The highest BCUT2D eigenvalue weighted by atomic mass is 35.5. The zero-order valence-corrected chi connectivity index (χ0v) is 24.3. The number of aliphatic hydroxyl groups is 1. The Morgan fingerprint density at radius 3 is 2.51 bits per heavy atom. The number of pyridine rings is 1. The lowest BCUT2D eigenvalue weighted by Crippen LogP contribution is -2.46. The van der Waals surface area contributed by atoms with Gasteiger partial charge >= 0.3 is 0 Å². The predicted molar refractivity (Wildman–Crippen MR) is 154 cm³/mol. The summed E-state index contributed by atoms with van der Waals surface area (Å²) in [6, 6.07) is 11.9. The third-order valence-electron chi connectivity index (χ3n) is 7.04. The third kappa shape index (κ3) is 7.52. The molecule has 0 unspecified atom stereocenters. The first-order valence-electron chi connectivity index (χ1n) is 12.3. The van der Waals surface area contributed by atoms with Crippen LogP contribution in [0, 0.1) is 5.82 Å². The molecule has 0 saturated heterocycles. The van der Waals surface area contributed by atoms with Gasteiger partial charge in [-0.05, 0) is 67.6 Å².